The van der Waals surface area contributed by atoms with Crippen molar-refractivity contribution >= 4 is 10.8 Å². The summed E-state index contributed by atoms with van der Waals surface area (Å²) < 4.78 is 12.8. The summed E-state index contributed by atoms with van der Waals surface area (Å²) in [5.74, 6) is -1.98. The van der Waals surface area contributed by atoms with E-state index in [0.717, 1.165) is 6.07 Å². The lowest BCUT2D eigenvalue weighted by Crippen LogP contribution is -1.79. The first kappa shape index (κ1) is 8.62. The van der Waals surface area contributed by atoms with E-state index in [4.69, 9.17) is 5.11 Å². The van der Waals surface area contributed by atoms with Crippen LogP contribution in [0.3, 0.4) is 0 Å². The maximum absolute atomic E-state index is 12.8. The maximum Gasteiger partial charge on any atom is 0.200 e. The van der Waals surface area contributed by atoms with Crippen molar-refractivity contribution in [3.05, 3.63) is 30.1 Å². The van der Waals surface area contributed by atoms with Gasteiger partial charge in [-0.05, 0) is 29.7 Å². The van der Waals surface area contributed by atoms with Crippen LogP contribution in [0.25, 0.3) is 10.8 Å². The van der Waals surface area contributed by atoms with E-state index in [1.54, 1.807) is 0 Å². The van der Waals surface area contributed by atoms with Crippen LogP contribution in [0.5, 0.6) is 17.2 Å². The van der Waals surface area contributed by atoms with Gasteiger partial charge in [0.2, 0.25) is 5.75 Å². The molecule has 2 aromatic carbocycles. The Labute approximate surface area is 78.7 Å². The number of aromatic hydroxyl groups is 3. The van der Waals surface area contributed by atoms with E-state index in [1.807, 2.05) is 0 Å². The van der Waals surface area contributed by atoms with Crippen LogP contribution in [0.2, 0.25) is 0 Å². The fourth-order valence-corrected chi connectivity index (χ4v) is 1.33. The van der Waals surface area contributed by atoms with Crippen molar-refractivity contribution in [2.45, 2.75) is 0 Å². The van der Waals surface area contributed by atoms with E-state index in [-0.39, 0.29) is 0 Å². The van der Waals surface area contributed by atoms with Crippen LogP contribution in [0.15, 0.2) is 24.3 Å². The third-order valence-corrected chi connectivity index (χ3v) is 2.03. The summed E-state index contributed by atoms with van der Waals surface area (Å²) in [6.07, 6.45) is 0. The predicted molar refractivity (Wildman–Crippen MR) is 48.9 cm³/mol. The molecule has 72 valence electrons. The van der Waals surface area contributed by atoms with Gasteiger partial charge in [-0.2, -0.15) is 0 Å². The summed E-state index contributed by atoms with van der Waals surface area (Å²) in [5.41, 5.74) is 0. The van der Waals surface area contributed by atoms with E-state index >= 15 is 0 Å². The molecule has 0 aliphatic carbocycles. The van der Waals surface area contributed by atoms with Crippen molar-refractivity contribution in [2.24, 2.45) is 0 Å². The zero-order valence-electron chi connectivity index (χ0n) is 7.03. The summed E-state index contributed by atoms with van der Waals surface area (Å²) >= 11 is 0. The monoisotopic (exact) mass is 194 g/mol. The molecule has 0 bridgehead atoms. The summed E-state index contributed by atoms with van der Waals surface area (Å²) in [4.78, 5) is 0. The highest BCUT2D eigenvalue weighted by Crippen LogP contribution is 2.40. The van der Waals surface area contributed by atoms with Gasteiger partial charge in [0, 0.05) is 5.39 Å². The van der Waals surface area contributed by atoms with Crippen molar-refractivity contribution in [3.8, 4) is 17.2 Å². The Balaban J connectivity index is 2.91. The van der Waals surface area contributed by atoms with Crippen LogP contribution in [0, 0.1) is 5.82 Å². The second-order valence-electron chi connectivity index (χ2n) is 2.96. The lowest BCUT2D eigenvalue weighted by molar-refractivity contribution is 0.371. The number of benzene rings is 2. The van der Waals surface area contributed by atoms with Crippen LogP contribution >= 0.6 is 0 Å². The first-order chi connectivity index (χ1) is 6.59. The first-order valence-corrected chi connectivity index (χ1v) is 3.93. The molecule has 14 heavy (non-hydrogen) atoms. The molecule has 0 unspecified atom stereocenters. The van der Waals surface area contributed by atoms with E-state index in [2.05, 4.69) is 0 Å². The number of phenols is 3. The topological polar surface area (TPSA) is 60.7 Å². The lowest BCUT2D eigenvalue weighted by Gasteiger charge is -2.05. The molecule has 0 saturated carbocycles. The largest absolute Gasteiger partial charge is 0.504 e. The van der Waals surface area contributed by atoms with Gasteiger partial charge < -0.3 is 15.3 Å². The highest BCUT2D eigenvalue weighted by atomic mass is 19.1. The minimum atomic E-state index is -0.593. The van der Waals surface area contributed by atoms with Gasteiger partial charge in [0.1, 0.15) is 5.82 Å². The Kier molecular flexibility index (Phi) is 1.70. The molecule has 3 N–H and O–H groups in total. The summed E-state index contributed by atoms with van der Waals surface area (Å²) in [6.45, 7) is 0. The Morgan fingerprint density at radius 2 is 1.64 bits per heavy atom. The van der Waals surface area contributed by atoms with Gasteiger partial charge in [0.15, 0.2) is 11.5 Å². The maximum atomic E-state index is 12.8. The predicted octanol–water partition coefficient (Wildman–Crippen LogP) is 2.10. The molecule has 3 nitrogen and oxygen atoms in total. The van der Waals surface area contributed by atoms with Gasteiger partial charge in [0.25, 0.3) is 0 Å². The smallest absolute Gasteiger partial charge is 0.200 e. The summed E-state index contributed by atoms with van der Waals surface area (Å²) in [7, 11) is 0. The molecule has 0 amide bonds. The molecule has 2 aromatic rings. The Morgan fingerprint density at radius 3 is 2.36 bits per heavy atom. The van der Waals surface area contributed by atoms with Crippen LogP contribution < -0.4 is 0 Å². The second kappa shape index (κ2) is 2.77. The van der Waals surface area contributed by atoms with Crippen LogP contribution in [-0.4, -0.2) is 15.3 Å². The van der Waals surface area contributed by atoms with Gasteiger partial charge in [-0.3, -0.25) is 0 Å². The van der Waals surface area contributed by atoms with Gasteiger partial charge >= 0.3 is 0 Å². The second-order valence-corrected chi connectivity index (χ2v) is 2.96. The molecule has 0 saturated heterocycles. The average molecular weight is 194 g/mol. The molecule has 0 atom stereocenters. The number of fused-ring (bicyclic) bond motifs is 1. The number of phenolic OH excluding ortho intramolecular Hbond substituents is 3. The standard InChI is InChI=1S/C10H7FO3/c11-6-1-2-7-5(3-6)4-8(12)10(14)9(7)13/h1-4,12-14H. The fraction of sp³-hybridized carbons (Fsp3) is 0. The van der Waals surface area contributed by atoms with Crippen molar-refractivity contribution in [1.29, 1.82) is 0 Å². The molecular weight excluding hydrogens is 187 g/mol. The number of hydrogen-bond donors (Lipinski definition) is 3. The van der Waals surface area contributed by atoms with E-state index in [9.17, 15) is 14.6 Å². The Morgan fingerprint density at radius 1 is 0.929 bits per heavy atom. The highest BCUT2D eigenvalue weighted by Gasteiger charge is 2.10. The average Bonchev–Trinajstić information content (AvgIpc) is 2.14. The van der Waals surface area contributed by atoms with Crippen molar-refractivity contribution in [2.75, 3.05) is 0 Å². The van der Waals surface area contributed by atoms with E-state index < -0.39 is 23.1 Å². The fourth-order valence-electron chi connectivity index (χ4n) is 1.33. The van der Waals surface area contributed by atoms with Crippen molar-refractivity contribution < 1.29 is 19.7 Å². The van der Waals surface area contributed by atoms with Crippen molar-refractivity contribution in [1.82, 2.24) is 0 Å². The van der Waals surface area contributed by atoms with Crippen LogP contribution in [-0.2, 0) is 0 Å². The van der Waals surface area contributed by atoms with Crippen molar-refractivity contribution in [3.63, 3.8) is 0 Å². The number of rotatable bonds is 0. The molecule has 0 heterocycles. The van der Waals surface area contributed by atoms with E-state index in [0.29, 0.717) is 10.8 Å². The molecule has 0 spiro atoms. The van der Waals surface area contributed by atoms with Crippen LogP contribution in [0.4, 0.5) is 4.39 Å². The Hall–Kier alpha value is -1.97. The van der Waals surface area contributed by atoms with E-state index in [1.165, 1.54) is 18.2 Å². The van der Waals surface area contributed by atoms with Gasteiger partial charge in [-0.1, -0.05) is 0 Å². The lowest BCUT2D eigenvalue weighted by atomic mass is 10.1. The molecule has 2 rings (SSSR count). The zero-order valence-corrected chi connectivity index (χ0v) is 7.03. The molecule has 0 aliphatic heterocycles. The van der Waals surface area contributed by atoms with Gasteiger partial charge in [0.05, 0.1) is 0 Å². The molecule has 4 heteroatoms. The normalized spacial score (nSPS) is 10.6. The number of halogens is 1. The SMILES string of the molecule is Oc1cc2cc(F)ccc2c(O)c1O. The molecular formula is C10H7FO3. The van der Waals surface area contributed by atoms with Crippen LogP contribution in [0.1, 0.15) is 0 Å². The third kappa shape index (κ3) is 1.12. The van der Waals surface area contributed by atoms with Gasteiger partial charge in [-0.25, -0.2) is 4.39 Å². The zero-order chi connectivity index (χ0) is 10.3. The molecule has 0 aromatic heterocycles. The quantitative estimate of drug-likeness (QED) is 0.563. The summed E-state index contributed by atoms with van der Waals surface area (Å²) in [5, 5.41) is 28.4. The number of hydrogen-bond acceptors (Lipinski definition) is 3. The minimum Gasteiger partial charge on any atom is -0.504 e. The first-order valence-electron chi connectivity index (χ1n) is 3.93. The molecule has 0 radical (unpaired) electrons. The molecule has 0 aliphatic rings. The van der Waals surface area contributed by atoms with Gasteiger partial charge in [-0.15, -0.1) is 0 Å². The summed E-state index contributed by atoms with van der Waals surface area (Å²) in [6, 6.07) is 4.85. The highest BCUT2D eigenvalue weighted by molar-refractivity contribution is 5.92. The third-order valence-electron chi connectivity index (χ3n) is 2.03. The molecule has 0 fully saturated rings. The minimum absolute atomic E-state index is 0.293. The Bertz CT molecular complexity index is 508.